The number of carbonyl (C=O) groups is 2. The topological polar surface area (TPSA) is 71.8 Å². The normalized spacial score (nSPS) is 15.5. The van der Waals surface area contributed by atoms with E-state index in [9.17, 15) is 9.59 Å². The molecular formula is C19H22N2O4. The van der Waals surface area contributed by atoms with E-state index in [1.54, 1.807) is 0 Å². The van der Waals surface area contributed by atoms with Crippen LogP contribution in [-0.4, -0.2) is 31.1 Å². The fourth-order valence-corrected chi connectivity index (χ4v) is 2.81. The first-order chi connectivity index (χ1) is 12.1. The van der Waals surface area contributed by atoms with E-state index < -0.39 is 12.1 Å². The molecular weight excluding hydrogens is 320 g/mol. The second-order valence-electron chi connectivity index (χ2n) is 6.14. The standard InChI is InChI=1S/C19H22N2O4/c1-14(25-19(23)15-9-12-24-13-15)18(22)20-16-5-7-17(8-6-16)21-10-3-2-4-11-21/h5-9,12-14H,2-4,10-11H2,1H3,(H,20,22)/t14-/m1/s1. The van der Waals surface area contributed by atoms with Gasteiger partial charge >= 0.3 is 5.97 Å². The number of furan rings is 1. The summed E-state index contributed by atoms with van der Waals surface area (Å²) in [6, 6.07) is 9.23. The van der Waals surface area contributed by atoms with Gasteiger partial charge in [-0.2, -0.15) is 0 Å². The van der Waals surface area contributed by atoms with Crippen molar-refractivity contribution in [1.82, 2.24) is 0 Å². The Morgan fingerprint density at radius 2 is 1.84 bits per heavy atom. The van der Waals surface area contributed by atoms with Gasteiger partial charge < -0.3 is 19.4 Å². The summed E-state index contributed by atoms with van der Waals surface area (Å²) in [6.45, 7) is 3.69. The monoisotopic (exact) mass is 342 g/mol. The molecule has 1 saturated heterocycles. The van der Waals surface area contributed by atoms with Crippen molar-refractivity contribution in [2.75, 3.05) is 23.3 Å². The number of benzene rings is 1. The van der Waals surface area contributed by atoms with Crippen LogP contribution in [0.25, 0.3) is 0 Å². The van der Waals surface area contributed by atoms with E-state index in [0.717, 1.165) is 18.8 Å². The van der Waals surface area contributed by atoms with Gasteiger partial charge in [0, 0.05) is 24.5 Å². The Labute approximate surface area is 146 Å². The highest BCUT2D eigenvalue weighted by molar-refractivity contribution is 5.97. The fraction of sp³-hybridized carbons (Fsp3) is 0.368. The van der Waals surface area contributed by atoms with Gasteiger partial charge in [-0.25, -0.2) is 4.79 Å². The summed E-state index contributed by atoms with van der Waals surface area (Å²) in [5.74, 6) is -0.959. The molecule has 6 heteroatoms. The Morgan fingerprint density at radius 3 is 2.48 bits per heavy atom. The highest BCUT2D eigenvalue weighted by Crippen LogP contribution is 2.22. The number of esters is 1. The first kappa shape index (κ1) is 17.1. The lowest BCUT2D eigenvalue weighted by Crippen LogP contribution is -2.30. The van der Waals surface area contributed by atoms with Crippen LogP contribution in [0.3, 0.4) is 0 Å². The number of nitrogens with one attached hydrogen (secondary N) is 1. The Kier molecular flexibility index (Phi) is 5.38. The highest BCUT2D eigenvalue weighted by Gasteiger charge is 2.20. The van der Waals surface area contributed by atoms with E-state index in [2.05, 4.69) is 10.2 Å². The van der Waals surface area contributed by atoms with Gasteiger partial charge in [-0.3, -0.25) is 4.79 Å². The van der Waals surface area contributed by atoms with Gasteiger partial charge in [0.15, 0.2) is 6.10 Å². The molecule has 3 rings (SSSR count). The quantitative estimate of drug-likeness (QED) is 0.843. The van der Waals surface area contributed by atoms with Crippen molar-refractivity contribution >= 4 is 23.3 Å². The van der Waals surface area contributed by atoms with Gasteiger partial charge in [-0.15, -0.1) is 0 Å². The maximum absolute atomic E-state index is 12.2. The smallest absolute Gasteiger partial charge is 0.342 e. The maximum atomic E-state index is 12.2. The molecule has 1 atom stereocenters. The minimum Gasteiger partial charge on any atom is -0.472 e. The largest absolute Gasteiger partial charge is 0.472 e. The minimum absolute atomic E-state index is 0.283. The summed E-state index contributed by atoms with van der Waals surface area (Å²) in [7, 11) is 0. The van der Waals surface area contributed by atoms with Crippen molar-refractivity contribution in [2.24, 2.45) is 0 Å². The molecule has 1 amide bonds. The summed E-state index contributed by atoms with van der Waals surface area (Å²) in [4.78, 5) is 26.4. The van der Waals surface area contributed by atoms with Crippen LogP contribution in [0.15, 0.2) is 47.3 Å². The van der Waals surface area contributed by atoms with E-state index in [0.29, 0.717) is 5.69 Å². The fourth-order valence-electron chi connectivity index (χ4n) is 2.81. The van der Waals surface area contributed by atoms with E-state index >= 15 is 0 Å². The average Bonchev–Trinajstić information content (AvgIpc) is 3.18. The molecule has 0 bridgehead atoms. The molecule has 132 valence electrons. The van der Waals surface area contributed by atoms with Gasteiger partial charge in [0.25, 0.3) is 5.91 Å². The average molecular weight is 342 g/mol. The maximum Gasteiger partial charge on any atom is 0.342 e. The molecule has 2 aromatic rings. The molecule has 6 nitrogen and oxygen atoms in total. The van der Waals surface area contributed by atoms with Crippen LogP contribution in [0.4, 0.5) is 11.4 Å². The number of piperidine rings is 1. The lowest BCUT2D eigenvalue weighted by atomic mass is 10.1. The van der Waals surface area contributed by atoms with E-state index in [1.807, 2.05) is 24.3 Å². The number of hydrogen-bond donors (Lipinski definition) is 1. The van der Waals surface area contributed by atoms with Crippen LogP contribution < -0.4 is 10.2 Å². The Balaban J connectivity index is 1.54. The third-order valence-corrected chi connectivity index (χ3v) is 4.27. The zero-order valence-corrected chi connectivity index (χ0v) is 14.2. The number of rotatable bonds is 5. The molecule has 0 saturated carbocycles. The van der Waals surface area contributed by atoms with Crippen LogP contribution >= 0.6 is 0 Å². The summed E-state index contributed by atoms with van der Waals surface area (Å²) < 4.78 is 9.96. The predicted octanol–water partition coefficient (Wildman–Crippen LogP) is 3.45. The molecule has 1 aliphatic heterocycles. The lowest BCUT2D eigenvalue weighted by Gasteiger charge is -2.28. The predicted molar refractivity (Wildman–Crippen MR) is 94.7 cm³/mol. The Bertz CT molecular complexity index is 704. The number of anilines is 2. The molecule has 0 spiro atoms. The van der Waals surface area contributed by atoms with Gasteiger partial charge in [-0.05, 0) is 56.5 Å². The number of amides is 1. The number of nitrogens with zero attached hydrogens (tertiary/aromatic N) is 1. The van der Waals surface area contributed by atoms with Crippen LogP contribution in [-0.2, 0) is 9.53 Å². The molecule has 0 aliphatic carbocycles. The van der Waals surface area contributed by atoms with Crippen LogP contribution in [0, 0.1) is 0 Å². The van der Waals surface area contributed by atoms with Gasteiger partial charge in [-0.1, -0.05) is 0 Å². The van der Waals surface area contributed by atoms with Crippen LogP contribution in [0.1, 0.15) is 36.5 Å². The van der Waals surface area contributed by atoms with Crippen molar-refractivity contribution in [1.29, 1.82) is 0 Å². The van der Waals surface area contributed by atoms with Gasteiger partial charge in [0.2, 0.25) is 0 Å². The molecule has 0 unspecified atom stereocenters. The molecule has 1 aromatic carbocycles. The van der Waals surface area contributed by atoms with E-state index in [1.165, 1.54) is 44.8 Å². The third-order valence-electron chi connectivity index (χ3n) is 4.27. The molecule has 25 heavy (non-hydrogen) atoms. The first-order valence-electron chi connectivity index (χ1n) is 8.52. The third kappa shape index (κ3) is 4.41. The van der Waals surface area contributed by atoms with Gasteiger partial charge in [0.1, 0.15) is 6.26 Å². The first-order valence-corrected chi connectivity index (χ1v) is 8.52. The highest BCUT2D eigenvalue weighted by atomic mass is 16.5. The summed E-state index contributed by atoms with van der Waals surface area (Å²) in [5.41, 5.74) is 2.12. The van der Waals surface area contributed by atoms with Crippen molar-refractivity contribution in [3.63, 3.8) is 0 Å². The number of carbonyl (C=O) groups excluding carboxylic acids is 2. The zero-order chi connectivity index (χ0) is 17.6. The Hall–Kier alpha value is -2.76. The summed E-state index contributed by atoms with van der Waals surface area (Å²) in [5, 5.41) is 2.76. The van der Waals surface area contributed by atoms with Crippen molar-refractivity contribution in [3.8, 4) is 0 Å². The molecule has 2 heterocycles. The molecule has 1 aliphatic rings. The molecule has 1 aromatic heterocycles. The SMILES string of the molecule is C[C@@H](OC(=O)c1ccoc1)C(=O)Nc1ccc(N2CCCCC2)cc1. The minimum atomic E-state index is -0.899. The summed E-state index contributed by atoms with van der Waals surface area (Å²) in [6.07, 6.45) is 5.50. The second kappa shape index (κ2) is 7.88. The van der Waals surface area contributed by atoms with Crippen molar-refractivity contribution in [3.05, 3.63) is 48.4 Å². The lowest BCUT2D eigenvalue weighted by molar-refractivity contribution is -0.123. The molecule has 1 fully saturated rings. The zero-order valence-electron chi connectivity index (χ0n) is 14.2. The second-order valence-corrected chi connectivity index (χ2v) is 6.14. The van der Waals surface area contributed by atoms with Crippen LogP contribution in [0.2, 0.25) is 0 Å². The molecule has 1 N–H and O–H groups in total. The van der Waals surface area contributed by atoms with E-state index in [-0.39, 0.29) is 11.5 Å². The molecule has 0 radical (unpaired) electrons. The number of ether oxygens (including phenoxy) is 1. The van der Waals surface area contributed by atoms with Crippen molar-refractivity contribution < 1.29 is 18.7 Å². The number of hydrogen-bond acceptors (Lipinski definition) is 5. The Morgan fingerprint density at radius 1 is 1.12 bits per heavy atom. The summed E-state index contributed by atoms with van der Waals surface area (Å²) >= 11 is 0. The van der Waals surface area contributed by atoms with Crippen LogP contribution in [0.5, 0.6) is 0 Å². The van der Waals surface area contributed by atoms with Crippen molar-refractivity contribution in [2.45, 2.75) is 32.3 Å². The van der Waals surface area contributed by atoms with E-state index in [4.69, 9.17) is 9.15 Å². The van der Waals surface area contributed by atoms with Gasteiger partial charge in [0.05, 0.1) is 11.8 Å².